The molecule has 4 aromatic rings. The number of likely N-dealkylation sites (N-methyl/N-ethyl adjacent to an activating group) is 1. The van der Waals surface area contributed by atoms with Gasteiger partial charge in [0.2, 0.25) is 5.91 Å². The minimum absolute atomic E-state index is 0.0533. The predicted octanol–water partition coefficient (Wildman–Crippen LogP) is 6.36. The molecule has 0 aromatic heterocycles. The van der Waals surface area contributed by atoms with Gasteiger partial charge in [-0.05, 0) is 47.3 Å². The molecule has 0 spiro atoms. The average Bonchev–Trinajstić information content (AvgIpc) is 2.74. The number of carbonyl (C=O) groups is 1. The summed E-state index contributed by atoms with van der Waals surface area (Å²) in [6, 6.07) is 24.3. The van der Waals surface area contributed by atoms with Crippen LogP contribution in [0.4, 0.5) is 5.69 Å². The van der Waals surface area contributed by atoms with Gasteiger partial charge in [0, 0.05) is 22.0 Å². The number of fused-ring (bicyclic) bond motifs is 2. The maximum atomic E-state index is 13.4. The van der Waals surface area contributed by atoms with E-state index in [1.54, 1.807) is 7.11 Å². The summed E-state index contributed by atoms with van der Waals surface area (Å²) >= 11 is 3.52. The first-order chi connectivity index (χ1) is 14.1. The quantitative estimate of drug-likeness (QED) is 0.356. The highest BCUT2D eigenvalue weighted by Gasteiger charge is 2.20. The molecule has 0 saturated carbocycles. The Labute approximate surface area is 179 Å². The lowest BCUT2D eigenvalue weighted by Crippen LogP contribution is -2.32. The number of carbonyl (C=O) groups excluding carboxylic acids is 1. The van der Waals surface area contributed by atoms with Crippen molar-refractivity contribution in [3.63, 3.8) is 0 Å². The van der Waals surface area contributed by atoms with Crippen LogP contribution in [0, 0.1) is 0 Å². The van der Waals surface area contributed by atoms with Crippen LogP contribution in [0.1, 0.15) is 12.5 Å². The first-order valence-corrected chi connectivity index (χ1v) is 10.4. The lowest BCUT2D eigenvalue weighted by atomic mass is 10.00. The molecule has 0 N–H and O–H groups in total. The molecule has 0 saturated heterocycles. The van der Waals surface area contributed by atoms with Crippen LogP contribution in [0.3, 0.4) is 0 Å². The Morgan fingerprint density at radius 2 is 1.72 bits per heavy atom. The van der Waals surface area contributed by atoms with E-state index in [9.17, 15) is 4.79 Å². The molecule has 0 unspecified atom stereocenters. The molecule has 0 heterocycles. The van der Waals surface area contributed by atoms with Crippen molar-refractivity contribution in [2.45, 2.75) is 13.3 Å². The van der Waals surface area contributed by atoms with Gasteiger partial charge in [0.05, 0.1) is 19.2 Å². The largest absolute Gasteiger partial charge is 0.496 e. The number of anilines is 1. The van der Waals surface area contributed by atoms with E-state index in [-0.39, 0.29) is 12.3 Å². The Balaban J connectivity index is 1.76. The van der Waals surface area contributed by atoms with Crippen molar-refractivity contribution in [1.82, 2.24) is 0 Å². The molecule has 0 aliphatic rings. The first kappa shape index (κ1) is 19.5. The van der Waals surface area contributed by atoms with Gasteiger partial charge in [-0.2, -0.15) is 0 Å². The fourth-order valence-corrected chi connectivity index (χ4v) is 4.27. The second kappa shape index (κ2) is 8.26. The summed E-state index contributed by atoms with van der Waals surface area (Å²) in [5.74, 6) is 0.791. The van der Waals surface area contributed by atoms with Crippen molar-refractivity contribution in [3.05, 3.63) is 82.8 Å². The van der Waals surface area contributed by atoms with E-state index in [0.717, 1.165) is 43.0 Å². The van der Waals surface area contributed by atoms with E-state index in [0.29, 0.717) is 6.54 Å². The van der Waals surface area contributed by atoms with E-state index in [4.69, 9.17) is 4.74 Å². The van der Waals surface area contributed by atoms with Crippen molar-refractivity contribution < 1.29 is 9.53 Å². The van der Waals surface area contributed by atoms with Crippen molar-refractivity contribution in [2.75, 3.05) is 18.6 Å². The third-order valence-electron chi connectivity index (χ3n) is 5.27. The van der Waals surface area contributed by atoms with Crippen molar-refractivity contribution in [3.8, 4) is 5.75 Å². The molecule has 1 amide bonds. The zero-order valence-electron chi connectivity index (χ0n) is 16.5. The molecule has 4 rings (SSSR count). The van der Waals surface area contributed by atoms with Crippen LogP contribution < -0.4 is 9.64 Å². The molecule has 4 aromatic carbocycles. The molecule has 0 radical (unpaired) electrons. The molecule has 3 nitrogen and oxygen atoms in total. The Morgan fingerprint density at radius 1 is 0.931 bits per heavy atom. The van der Waals surface area contributed by atoms with Crippen LogP contribution in [-0.2, 0) is 11.2 Å². The lowest BCUT2D eigenvalue weighted by Gasteiger charge is -2.24. The van der Waals surface area contributed by atoms with Crippen LogP contribution in [0.5, 0.6) is 5.75 Å². The highest BCUT2D eigenvalue weighted by atomic mass is 79.9. The van der Waals surface area contributed by atoms with Gasteiger partial charge in [-0.3, -0.25) is 4.79 Å². The van der Waals surface area contributed by atoms with E-state index >= 15 is 0 Å². The number of ether oxygens (including phenoxy) is 1. The summed E-state index contributed by atoms with van der Waals surface area (Å²) in [7, 11) is 1.65. The number of rotatable bonds is 5. The maximum absolute atomic E-state index is 13.4. The number of hydrogen-bond donors (Lipinski definition) is 0. The van der Waals surface area contributed by atoms with Crippen LogP contribution in [0.25, 0.3) is 21.5 Å². The Bertz CT molecular complexity index is 1200. The molecule has 0 aliphatic carbocycles. The van der Waals surface area contributed by atoms with Gasteiger partial charge in [0.1, 0.15) is 5.75 Å². The van der Waals surface area contributed by atoms with Gasteiger partial charge in [0.15, 0.2) is 0 Å². The predicted molar refractivity (Wildman–Crippen MR) is 124 cm³/mol. The summed E-state index contributed by atoms with van der Waals surface area (Å²) in [5, 5.41) is 4.33. The van der Waals surface area contributed by atoms with Gasteiger partial charge in [-0.1, -0.05) is 64.5 Å². The summed E-state index contributed by atoms with van der Waals surface area (Å²) in [4.78, 5) is 15.3. The molecular weight excluding hydrogens is 426 g/mol. The van der Waals surface area contributed by atoms with Gasteiger partial charge < -0.3 is 9.64 Å². The van der Waals surface area contributed by atoms with Crippen LogP contribution in [0.2, 0.25) is 0 Å². The summed E-state index contributed by atoms with van der Waals surface area (Å²) in [6.45, 7) is 2.61. The standard InChI is InChI=1S/C25H22BrNO2/c1-3-27(23-10-6-8-17-7-4-5-9-21(17)23)25(28)16-22-20-13-12-19(26)15-18(20)11-14-24(22)29-2/h4-15H,3,16H2,1-2H3. The highest BCUT2D eigenvalue weighted by Crippen LogP contribution is 2.32. The number of halogens is 1. The van der Waals surface area contributed by atoms with Crippen LogP contribution >= 0.6 is 15.9 Å². The maximum Gasteiger partial charge on any atom is 0.231 e. The van der Waals surface area contributed by atoms with Crippen molar-refractivity contribution in [2.24, 2.45) is 0 Å². The van der Waals surface area contributed by atoms with Gasteiger partial charge in [-0.15, -0.1) is 0 Å². The van der Waals surface area contributed by atoms with Crippen molar-refractivity contribution >= 4 is 49.1 Å². The lowest BCUT2D eigenvalue weighted by molar-refractivity contribution is -0.117. The monoisotopic (exact) mass is 447 g/mol. The smallest absolute Gasteiger partial charge is 0.231 e. The van der Waals surface area contributed by atoms with Crippen LogP contribution in [0.15, 0.2) is 77.3 Å². The van der Waals surface area contributed by atoms with Crippen molar-refractivity contribution in [1.29, 1.82) is 0 Å². The zero-order chi connectivity index (χ0) is 20.4. The average molecular weight is 448 g/mol. The molecule has 0 bridgehead atoms. The second-order valence-corrected chi connectivity index (χ2v) is 7.84. The van der Waals surface area contributed by atoms with E-state index in [1.165, 1.54) is 0 Å². The van der Waals surface area contributed by atoms with Crippen LogP contribution in [-0.4, -0.2) is 19.6 Å². The Morgan fingerprint density at radius 3 is 2.52 bits per heavy atom. The topological polar surface area (TPSA) is 29.5 Å². The number of hydrogen-bond acceptors (Lipinski definition) is 2. The number of benzene rings is 4. The van der Waals surface area contributed by atoms with Gasteiger partial charge >= 0.3 is 0 Å². The zero-order valence-corrected chi connectivity index (χ0v) is 18.1. The molecular formula is C25H22BrNO2. The number of methoxy groups -OCH3 is 1. The second-order valence-electron chi connectivity index (χ2n) is 6.92. The minimum atomic E-state index is 0.0533. The fraction of sp³-hybridized carbons (Fsp3) is 0.160. The molecule has 0 aliphatic heterocycles. The minimum Gasteiger partial charge on any atom is -0.496 e. The van der Waals surface area contributed by atoms with E-state index in [2.05, 4.69) is 40.2 Å². The SMILES string of the molecule is CCN(C(=O)Cc1c(OC)ccc2cc(Br)ccc12)c1cccc2ccccc12. The van der Waals surface area contributed by atoms with Gasteiger partial charge in [-0.25, -0.2) is 0 Å². The van der Waals surface area contributed by atoms with Gasteiger partial charge in [0.25, 0.3) is 0 Å². The summed E-state index contributed by atoms with van der Waals surface area (Å²) < 4.78 is 6.60. The third-order valence-corrected chi connectivity index (χ3v) is 5.77. The summed E-state index contributed by atoms with van der Waals surface area (Å²) in [5.41, 5.74) is 1.86. The molecule has 4 heteroatoms. The molecule has 0 atom stereocenters. The Kier molecular flexibility index (Phi) is 5.54. The normalized spacial score (nSPS) is 11.0. The third kappa shape index (κ3) is 3.73. The first-order valence-electron chi connectivity index (χ1n) is 9.65. The molecule has 29 heavy (non-hydrogen) atoms. The fourth-order valence-electron chi connectivity index (χ4n) is 3.89. The molecule has 0 fully saturated rings. The van der Waals surface area contributed by atoms with E-state index < -0.39 is 0 Å². The van der Waals surface area contributed by atoms with E-state index in [1.807, 2.05) is 60.4 Å². The molecule has 146 valence electrons. The number of nitrogens with zero attached hydrogens (tertiary/aromatic N) is 1. The Hall–Kier alpha value is -2.85. The summed E-state index contributed by atoms with van der Waals surface area (Å²) in [6.07, 6.45) is 0.277. The highest BCUT2D eigenvalue weighted by molar-refractivity contribution is 9.10. The number of amides is 1.